The van der Waals surface area contributed by atoms with Crippen LogP contribution < -0.4 is 4.74 Å². The summed E-state index contributed by atoms with van der Waals surface area (Å²) in [4.78, 5) is 2.18. The number of alkyl halides is 3. The SMILES string of the molecule is C[C@@H]1CCCN1Cc1ccccc1OC(F)(F)F. The third-order valence-electron chi connectivity index (χ3n) is 3.26. The van der Waals surface area contributed by atoms with Crippen LogP contribution in [0.15, 0.2) is 24.3 Å². The van der Waals surface area contributed by atoms with Crippen molar-refractivity contribution in [3.63, 3.8) is 0 Å². The van der Waals surface area contributed by atoms with Gasteiger partial charge in [0.2, 0.25) is 0 Å². The van der Waals surface area contributed by atoms with Gasteiger partial charge in [0.15, 0.2) is 0 Å². The first-order valence-electron chi connectivity index (χ1n) is 6.03. The first kappa shape index (κ1) is 13.2. The Kier molecular flexibility index (Phi) is 3.80. The van der Waals surface area contributed by atoms with Crippen LogP contribution in [-0.4, -0.2) is 23.8 Å². The maximum absolute atomic E-state index is 12.3. The molecule has 18 heavy (non-hydrogen) atoms. The Labute approximate surface area is 104 Å². The fraction of sp³-hybridized carbons (Fsp3) is 0.538. The minimum atomic E-state index is -4.63. The van der Waals surface area contributed by atoms with Gasteiger partial charge in [-0.1, -0.05) is 18.2 Å². The molecular formula is C13H16F3NO. The zero-order valence-corrected chi connectivity index (χ0v) is 10.2. The Morgan fingerprint density at radius 2 is 2.06 bits per heavy atom. The van der Waals surface area contributed by atoms with Gasteiger partial charge in [-0.2, -0.15) is 0 Å². The fourth-order valence-corrected chi connectivity index (χ4v) is 2.31. The molecule has 2 rings (SSSR count). The van der Waals surface area contributed by atoms with Crippen LogP contribution in [0.25, 0.3) is 0 Å². The molecule has 1 saturated heterocycles. The van der Waals surface area contributed by atoms with Gasteiger partial charge in [0.25, 0.3) is 0 Å². The van der Waals surface area contributed by atoms with Crippen LogP contribution in [-0.2, 0) is 6.54 Å². The zero-order chi connectivity index (χ0) is 13.2. The first-order chi connectivity index (χ1) is 8.46. The normalized spacial score (nSPS) is 21.2. The molecule has 0 saturated carbocycles. The molecule has 1 aromatic rings. The lowest BCUT2D eigenvalue weighted by Gasteiger charge is -2.22. The standard InChI is InChI=1S/C13H16F3NO/c1-10-5-4-8-17(10)9-11-6-2-3-7-12(11)18-13(14,15)16/h2-3,6-7,10H,4-5,8-9H2,1H3/t10-/m1/s1. The predicted octanol–water partition coefficient (Wildman–Crippen LogP) is 3.57. The van der Waals surface area contributed by atoms with Gasteiger partial charge in [0.05, 0.1) is 0 Å². The second kappa shape index (κ2) is 5.18. The lowest BCUT2D eigenvalue weighted by atomic mass is 10.1. The van der Waals surface area contributed by atoms with E-state index in [1.54, 1.807) is 18.2 Å². The molecule has 1 fully saturated rings. The van der Waals surface area contributed by atoms with Crippen molar-refractivity contribution in [1.29, 1.82) is 0 Å². The summed E-state index contributed by atoms with van der Waals surface area (Å²) in [6.07, 6.45) is -2.43. The number of hydrogen-bond donors (Lipinski definition) is 0. The van der Waals surface area contributed by atoms with E-state index in [1.807, 2.05) is 0 Å². The van der Waals surface area contributed by atoms with Crippen LogP contribution in [0.1, 0.15) is 25.3 Å². The number of hydrogen-bond acceptors (Lipinski definition) is 2. The van der Waals surface area contributed by atoms with Gasteiger partial charge in [0, 0.05) is 18.2 Å². The quantitative estimate of drug-likeness (QED) is 0.822. The summed E-state index contributed by atoms with van der Waals surface area (Å²) in [5.74, 6) is -0.0934. The highest BCUT2D eigenvalue weighted by Gasteiger charge is 2.32. The highest BCUT2D eigenvalue weighted by atomic mass is 19.4. The molecule has 1 heterocycles. The lowest BCUT2D eigenvalue weighted by Crippen LogP contribution is -2.27. The van der Waals surface area contributed by atoms with Gasteiger partial charge in [-0.3, -0.25) is 4.90 Å². The molecule has 0 unspecified atom stereocenters. The van der Waals surface area contributed by atoms with Crippen LogP contribution >= 0.6 is 0 Å². The molecule has 2 nitrogen and oxygen atoms in total. The van der Waals surface area contributed by atoms with Crippen LogP contribution in [0.4, 0.5) is 13.2 Å². The van der Waals surface area contributed by atoms with Crippen molar-refractivity contribution in [2.45, 2.75) is 38.7 Å². The summed E-state index contributed by atoms with van der Waals surface area (Å²) in [5, 5.41) is 0. The van der Waals surface area contributed by atoms with E-state index in [-0.39, 0.29) is 5.75 Å². The molecule has 100 valence electrons. The number of rotatable bonds is 3. The van der Waals surface area contributed by atoms with Crippen LogP contribution in [0.3, 0.4) is 0 Å². The van der Waals surface area contributed by atoms with E-state index >= 15 is 0 Å². The van der Waals surface area contributed by atoms with Crippen molar-refractivity contribution in [2.24, 2.45) is 0 Å². The predicted molar refractivity (Wildman–Crippen MR) is 62.2 cm³/mol. The molecule has 0 radical (unpaired) electrons. The van der Waals surface area contributed by atoms with Gasteiger partial charge < -0.3 is 4.74 Å². The third kappa shape index (κ3) is 3.38. The number of likely N-dealkylation sites (tertiary alicyclic amines) is 1. The topological polar surface area (TPSA) is 12.5 Å². The number of para-hydroxylation sites is 1. The molecule has 0 N–H and O–H groups in total. The average molecular weight is 259 g/mol. The highest BCUT2D eigenvalue weighted by molar-refractivity contribution is 5.33. The monoisotopic (exact) mass is 259 g/mol. The second-order valence-corrected chi connectivity index (χ2v) is 4.62. The van der Waals surface area contributed by atoms with E-state index in [0.29, 0.717) is 18.2 Å². The minimum absolute atomic E-state index is 0.0934. The Hall–Kier alpha value is -1.23. The molecule has 0 amide bonds. The smallest absolute Gasteiger partial charge is 0.405 e. The molecular weight excluding hydrogens is 243 g/mol. The van der Waals surface area contributed by atoms with Crippen molar-refractivity contribution in [1.82, 2.24) is 4.90 Å². The average Bonchev–Trinajstić information content (AvgIpc) is 2.65. The molecule has 1 aliphatic rings. The summed E-state index contributed by atoms with van der Waals surface area (Å²) < 4.78 is 40.9. The van der Waals surface area contributed by atoms with Gasteiger partial charge in [-0.25, -0.2) is 0 Å². The van der Waals surface area contributed by atoms with Crippen molar-refractivity contribution in [3.05, 3.63) is 29.8 Å². The van der Waals surface area contributed by atoms with Crippen LogP contribution in [0.2, 0.25) is 0 Å². The molecule has 0 aromatic heterocycles. The third-order valence-corrected chi connectivity index (χ3v) is 3.26. The van der Waals surface area contributed by atoms with Gasteiger partial charge >= 0.3 is 6.36 Å². The Bertz CT molecular complexity index is 405. The number of benzene rings is 1. The summed E-state index contributed by atoms with van der Waals surface area (Å²) in [6.45, 7) is 3.54. The molecule has 0 spiro atoms. The van der Waals surface area contributed by atoms with E-state index in [4.69, 9.17) is 0 Å². The summed E-state index contributed by atoms with van der Waals surface area (Å²) in [5.41, 5.74) is 0.587. The minimum Gasteiger partial charge on any atom is -0.405 e. The largest absolute Gasteiger partial charge is 0.573 e. The number of ether oxygens (including phenoxy) is 1. The number of halogens is 3. The molecule has 1 atom stereocenters. The van der Waals surface area contributed by atoms with Crippen molar-refractivity contribution >= 4 is 0 Å². The zero-order valence-electron chi connectivity index (χ0n) is 10.2. The van der Waals surface area contributed by atoms with E-state index in [2.05, 4.69) is 16.6 Å². The summed E-state index contributed by atoms with van der Waals surface area (Å²) in [6, 6.07) is 6.76. The maximum Gasteiger partial charge on any atom is 0.573 e. The van der Waals surface area contributed by atoms with E-state index in [9.17, 15) is 13.2 Å². The van der Waals surface area contributed by atoms with E-state index in [1.165, 1.54) is 6.07 Å². The van der Waals surface area contributed by atoms with E-state index < -0.39 is 6.36 Å². The van der Waals surface area contributed by atoms with Crippen LogP contribution in [0, 0.1) is 0 Å². The van der Waals surface area contributed by atoms with Crippen molar-refractivity contribution in [3.8, 4) is 5.75 Å². The van der Waals surface area contributed by atoms with Crippen molar-refractivity contribution in [2.75, 3.05) is 6.54 Å². The van der Waals surface area contributed by atoms with Gasteiger partial charge in [-0.15, -0.1) is 13.2 Å². The van der Waals surface area contributed by atoms with Crippen molar-refractivity contribution < 1.29 is 17.9 Å². The highest BCUT2D eigenvalue weighted by Crippen LogP contribution is 2.29. The molecule has 1 aliphatic heterocycles. The van der Waals surface area contributed by atoms with Crippen LogP contribution in [0.5, 0.6) is 5.75 Å². The number of nitrogens with zero attached hydrogens (tertiary/aromatic N) is 1. The summed E-state index contributed by atoms with van der Waals surface area (Å²) in [7, 11) is 0. The maximum atomic E-state index is 12.3. The van der Waals surface area contributed by atoms with Gasteiger partial charge in [-0.05, 0) is 32.4 Å². The molecule has 1 aromatic carbocycles. The Morgan fingerprint density at radius 3 is 2.67 bits per heavy atom. The molecule has 0 aliphatic carbocycles. The second-order valence-electron chi connectivity index (χ2n) is 4.62. The molecule has 5 heteroatoms. The Balaban J connectivity index is 2.12. The fourth-order valence-electron chi connectivity index (χ4n) is 2.31. The summed E-state index contributed by atoms with van der Waals surface area (Å²) >= 11 is 0. The Morgan fingerprint density at radius 1 is 1.33 bits per heavy atom. The molecule has 0 bridgehead atoms. The van der Waals surface area contributed by atoms with Gasteiger partial charge in [0.1, 0.15) is 5.75 Å². The first-order valence-corrected chi connectivity index (χ1v) is 6.03. The lowest BCUT2D eigenvalue weighted by molar-refractivity contribution is -0.275. The van der Waals surface area contributed by atoms with E-state index in [0.717, 1.165) is 19.4 Å².